The average Bonchev–Trinajstić information content (AvgIpc) is 2.78. The molecular formula is C26H16N4. The largest absolute Gasteiger partial charge is 0.250 e. The maximum Gasteiger partial charge on any atom is 0.0968 e. The first-order valence-electron chi connectivity index (χ1n) is 10.2. The third kappa shape index (κ3) is 2.34. The molecule has 7 rings (SSSR count). The Bertz CT molecular complexity index is 1410. The number of nitrogens with zero attached hydrogens (tertiary/aromatic N) is 4. The summed E-state index contributed by atoms with van der Waals surface area (Å²) in [5, 5.41) is 4.43. The van der Waals surface area contributed by atoms with Crippen molar-refractivity contribution in [2.45, 2.75) is 12.8 Å². The van der Waals surface area contributed by atoms with E-state index in [0.29, 0.717) is 12.8 Å². The van der Waals surface area contributed by atoms with E-state index >= 15 is 0 Å². The Morgan fingerprint density at radius 1 is 0.333 bits per heavy atom. The molecule has 1 aliphatic heterocycles. The molecule has 30 heavy (non-hydrogen) atoms. The van der Waals surface area contributed by atoms with Crippen LogP contribution in [0.4, 0.5) is 0 Å². The zero-order chi connectivity index (χ0) is 19.7. The van der Waals surface area contributed by atoms with Gasteiger partial charge in [0.05, 0.1) is 22.1 Å². The minimum Gasteiger partial charge on any atom is -0.250 e. The summed E-state index contributed by atoms with van der Waals surface area (Å²) in [5.41, 5.74) is 7.81. The molecule has 0 saturated carbocycles. The number of benzene rings is 2. The molecule has 0 radical (unpaired) electrons. The fourth-order valence-electron chi connectivity index (χ4n) is 4.46. The molecule has 1 aliphatic rings. The van der Waals surface area contributed by atoms with Crippen LogP contribution in [0.25, 0.3) is 43.6 Å². The quantitative estimate of drug-likeness (QED) is 0.330. The lowest BCUT2D eigenvalue weighted by Crippen LogP contribution is -2.01. The first kappa shape index (κ1) is 15.9. The molecular weight excluding hydrogens is 368 g/mol. The van der Waals surface area contributed by atoms with Gasteiger partial charge in [-0.1, -0.05) is 48.5 Å². The average molecular weight is 384 g/mol. The van der Waals surface area contributed by atoms with Gasteiger partial charge in [0, 0.05) is 57.2 Å². The highest BCUT2D eigenvalue weighted by Gasteiger charge is 2.12. The Kier molecular flexibility index (Phi) is 3.08. The molecule has 2 aromatic carbocycles. The first-order valence-corrected chi connectivity index (χ1v) is 10.2. The summed E-state index contributed by atoms with van der Waals surface area (Å²) >= 11 is 0. The zero-order valence-corrected chi connectivity index (χ0v) is 16.1. The van der Waals surface area contributed by atoms with E-state index in [4.69, 9.17) is 19.9 Å². The predicted molar refractivity (Wildman–Crippen MR) is 120 cm³/mol. The van der Waals surface area contributed by atoms with E-state index in [1.54, 1.807) is 0 Å². The SMILES string of the molecule is c1cc2ccc3ccc4nc3c2nc1Cc1ccc2ccc3ccc(nc3c2n1)C4. The third-order valence-corrected chi connectivity index (χ3v) is 5.99. The van der Waals surface area contributed by atoms with Crippen LogP contribution in [0.1, 0.15) is 22.8 Å². The lowest BCUT2D eigenvalue weighted by atomic mass is 10.0. The van der Waals surface area contributed by atoms with Gasteiger partial charge in [-0.15, -0.1) is 0 Å². The Morgan fingerprint density at radius 2 is 0.567 bits per heavy atom. The van der Waals surface area contributed by atoms with E-state index in [-0.39, 0.29) is 0 Å². The Morgan fingerprint density at radius 3 is 0.833 bits per heavy atom. The van der Waals surface area contributed by atoms with Crippen molar-refractivity contribution in [2.24, 2.45) is 0 Å². The van der Waals surface area contributed by atoms with Crippen LogP contribution in [-0.2, 0) is 12.8 Å². The van der Waals surface area contributed by atoms with E-state index < -0.39 is 0 Å². The van der Waals surface area contributed by atoms with Crippen LogP contribution in [0.3, 0.4) is 0 Å². The second kappa shape index (κ2) is 5.80. The number of pyridine rings is 4. The lowest BCUT2D eigenvalue weighted by Gasteiger charge is -2.11. The van der Waals surface area contributed by atoms with Crippen molar-refractivity contribution in [3.63, 3.8) is 0 Å². The van der Waals surface area contributed by atoms with Gasteiger partial charge in [0.2, 0.25) is 0 Å². The third-order valence-electron chi connectivity index (χ3n) is 5.99. The molecule has 6 aromatic rings. The molecule has 0 saturated heterocycles. The summed E-state index contributed by atoms with van der Waals surface area (Å²) in [6.07, 6.45) is 1.36. The Hall–Kier alpha value is -3.92. The van der Waals surface area contributed by atoms with Crippen molar-refractivity contribution >= 4 is 43.6 Å². The van der Waals surface area contributed by atoms with Crippen molar-refractivity contribution in [1.82, 2.24) is 19.9 Å². The molecule has 0 N–H and O–H groups in total. The molecule has 0 unspecified atom stereocenters. The van der Waals surface area contributed by atoms with Crippen LogP contribution in [0.5, 0.6) is 0 Å². The molecule has 0 aliphatic carbocycles. The van der Waals surface area contributed by atoms with Crippen LogP contribution >= 0.6 is 0 Å². The molecule has 4 nitrogen and oxygen atoms in total. The smallest absolute Gasteiger partial charge is 0.0968 e. The normalized spacial score (nSPS) is 13.1. The Labute approximate surface area is 172 Å². The van der Waals surface area contributed by atoms with Gasteiger partial charge in [0.1, 0.15) is 0 Å². The lowest BCUT2D eigenvalue weighted by molar-refractivity contribution is 1.03. The molecule has 0 fully saturated rings. The molecule has 8 bridgehead atoms. The van der Waals surface area contributed by atoms with Crippen LogP contribution < -0.4 is 0 Å². The highest BCUT2D eigenvalue weighted by atomic mass is 14.8. The van der Waals surface area contributed by atoms with Gasteiger partial charge >= 0.3 is 0 Å². The maximum absolute atomic E-state index is 5.00. The summed E-state index contributed by atoms with van der Waals surface area (Å²) < 4.78 is 0. The molecule has 0 atom stereocenters. The van der Waals surface area contributed by atoms with Gasteiger partial charge in [-0.05, 0) is 24.3 Å². The van der Waals surface area contributed by atoms with Gasteiger partial charge in [0.15, 0.2) is 0 Å². The minimum absolute atomic E-state index is 0.679. The van der Waals surface area contributed by atoms with E-state index in [1.807, 2.05) is 0 Å². The topological polar surface area (TPSA) is 51.6 Å². The van der Waals surface area contributed by atoms with E-state index in [2.05, 4.69) is 72.8 Å². The molecule has 4 heteroatoms. The molecule has 5 heterocycles. The van der Waals surface area contributed by atoms with Crippen LogP contribution in [0.15, 0.2) is 72.8 Å². The van der Waals surface area contributed by atoms with Crippen molar-refractivity contribution in [1.29, 1.82) is 0 Å². The van der Waals surface area contributed by atoms with Crippen molar-refractivity contribution in [2.75, 3.05) is 0 Å². The second-order valence-corrected chi connectivity index (χ2v) is 7.98. The summed E-state index contributed by atoms with van der Waals surface area (Å²) in [6, 6.07) is 25.4. The number of aromatic nitrogens is 4. The van der Waals surface area contributed by atoms with Crippen LogP contribution in [-0.4, -0.2) is 19.9 Å². The van der Waals surface area contributed by atoms with E-state index in [1.165, 1.54) is 0 Å². The number of fused-ring (bicyclic) bond motifs is 4. The monoisotopic (exact) mass is 384 g/mol. The first-order chi connectivity index (χ1) is 14.8. The van der Waals surface area contributed by atoms with Crippen molar-refractivity contribution in [3.8, 4) is 0 Å². The fourth-order valence-corrected chi connectivity index (χ4v) is 4.46. The molecule has 0 amide bonds. The standard InChI is InChI=1S/C26H16N4/c1-2-16-6-10-20-14-22-12-8-18-4-3-17-7-11-21(29-25(17)26(18)30-22)13-19-9-5-15(1)23(27-19)24(16)28-20/h1-12H,13-14H2. The van der Waals surface area contributed by atoms with Gasteiger partial charge in [-0.3, -0.25) is 19.9 Å². The second-order valence-electron chi connectivity index (χ2n) is 7.98. The Balaban J connectivity index is 1.60. The van der Waals surface area contributed by atoms with Gasteiger partial charge < -0.3 is 0 Å². The van der Waals surface area contributed by atoms with Crippen LogP contribution in [0.2, 0.25) is 0 Å². The summed E-state index contributed by atoms with van der Waals surface area (Å²) in [6.45, 7) is 0. The summed E-state index contributed by atoms with van der Waals surface area (Å²) in [5.74, 6) is 0. The number of hydrogen-bond acceptors (Lipinski definition) is 4. The summed E-state index contributed by atoms with van der Waals surface area (Å²) in [4.78, 5) is 20.0. The van der Waals surface area contributed by atoms with E-state index in [9.17, 15) is 0 Å². The number of rotatable bonds is 0. The molecule has 0 spiro atoms. The summed E-state index contributed by atoms with van der Waals surface area (Å²) in [7, 11) is 0. The van der Waals surface area contributed by atoms with Crippen LogP contribution in [0, 0.1) is 0 Å². The zero-order valence-electron chi connectivity index (χ0n) is 16.1. The molecule has 140 valence electrons. The predicted octanol–water partition coefficient (Wildman–Crippen LogP) is 5.37. The van der Waals surface area contributed by atoms with Gasteiger partial charge in [-0.2, -0.15) is 0 Å². The highest BCUT2D eigenvalue weighted by Crippen LogP contribution is 2.27. The van der Waals surface area contributed by atoms with Crippen molar-refractivity contribution < 1.29 is 0 Å². The number of hydrogen-bond donors (Lipinski definition) is 0. The fraction of sp³-hybridized carbons (Fsp3) is 0.0769. The van der Waals surface area contributed by atoms with Crippen molar-refractivity contribution in [3.05, 3.63) is 95.6 Å². The maximum atomic E-state index is 5.00. The highest BCUT2D eigenvalue weighted by molar-refractivity contribution is 6.03. The molecule has 4 aromatic heterocycles. The minimum atomic E-state index is 0.679. The van der Waals surface area contributed by atoms with E-state index in [0.717, 1.165) is 66.4 Å². The van der Waals surface area contributed by atoms with Gasteiger partial charge in [-0.25, -0.2) is 0 Å². The van der Waals surface area contributed by atoms with Gasteiger partial charge in [0.25, 0.3) is 0 Å².